The summed E-state index contributed by atoms with van der Waals surface area (Å²) in [6, 6.07) is 4.26. The Morgan fingerprint density at radius 3 is 2.75 bits per heavy atom. The zero-order chi connectivity index (χ0) is 11.5. The highest BCUT2D eigenvalue weighted by Gasteiger charge is 2.00. The van der Waals surface area contributed by atoms with Crippen molar-refractivity contribution in [3.63, 3.8) is 0 Å². The second-order valence-corrected chi connectivity index (χ2v) is 2.92. The molecule has 0 saturated carbocycles. The average Bonchev–Trinajstić information content (AvgIpc) is 2.66. The third-order valence-corrected chi connectivity index (χ3v) is 1.79. The van der Waals surface area contributed by atoms with Gasteiger partial charge in [0.2, 0.25) is 0 Å². The smallest absolute Gasteiger partial charge is 0.263 e. The van der Waals surface area contributed by atoms with Gasteiger partial charge < -0.3 is 15.9 Å². The van der Waals surface area contributed by atoms with E-state index >= 15 is 0 Å². The van der Waals surface area contributed by atoms with E-state index in [1.165, 1.54) is 18.3 Å². The molecule has 0 aliphatic heterocycles. The average molecular weight is 220 g/mol. The minimum Gasteiger partial charge on any atom is -0.504 e. The Morgan fingerprint density at radius 1 is 1.31 bits per heavy atom. The maximum Gasteiger partial charge on any atom is 0.263 e. The molecular weight excluding hydrogens is 212 g/mol. The van der Waals surface area contributed by atoms with Crippen LogP contribution in [0.2, 0.25) is 0 Å². The molecule has 1 heterocycles. The maximum absolute atomic E-state index is 9.23. The van der Waals surface area contributed by atoms with Crippen LogP contribution < -0.4 is 5.73 Å². The quantitative estimate of drug-likeness (QED) is 0.465. The van der Waals surface area contributed by atoms with Crippen molar-refractivity contribution in [2.24, 2.45) is 5.10 Å². The molecule has 82 valence electrons. The highest BCUT2D eigenvalue weighted by atomic mass is 16.3. The van der Waals surface area contributed by atoms with E-state index in [2.05, 4.69) is 20.6 Å². The fourth-order valence-corrected chi connectivity index (χ4v) is 1.01. The molecule has 0 bridgehead atoms. The summed E-state index contributed by atoms with van der Waals surface area (Å²) in [6.07, 6.45) is 1.39. The second-order valence-electron chi connectivity index (χ2n) is 2.92. The van der Waals surface area contributed by atoms with Crippen molar-refractivity contribution in [3.05, 3.63) is 23.8 Å². The van der Waals surface area contributed by atoms with Crippen LogP contribution in [-0.4, -0.2) is 36.7 Å². The summed E-state index contributed by atoms with van der Waals surface area (Å²) in [6.45, 7) is 0. The number of benzene rings is 1. The van der Waals surface area contributed by atoms with Gasteiger partial charge in [-0.25, -0.2) is 0 Å². The number of aromatic hydroxyl groups is 2. The summed E-state index contributed by atoms with van der Waals surface area (Å²) < 4.78 is 0. The summed E-state index contributed by atoms with van der Waals surface area (Å²) in [5, 5.41) is 32.4. The van der Waals surface area contributed by atoms with Gasteiger partial charge in [0, 0.05) is 0 Å². The normalized spacial score (nSPS) is 11.0. The molecule has 0 unspecified atom stereocenters. The van der Waals surface area contributed by atoms with E-state index in [1.807, 2.05) is 0 Å². The van der Waals surface area contributed by atoms with Crippen LogP contribution in [0.3, 0.4) is 0 Å². The van der Waals surface area contributed by atoms with Gasteiger partial charge in [-0.15, -0.1) is 0 Å². The molecule has 2 rings (SSSR count). The van der Waals surface area contributed by atoms with Gasteiger partial charge >= 0.3 is 0 Å². The topological polar surface area (TPSA) is 122 Å². The van der Waals surface area contributed by atoms with E-state index in [1.54, 1.807) is 6.07 Å². The van der Waals surface area contributed by atoms with E-state index in [9.17, 15) is 5.11 Å². The molecule has 0 radical (unpaired) electrons. The predicted molar refractivity (Wildman–Crippen MR) is 55.0 cm³/mol. The number of anilines is 1. The van der Waals surface area contributed by atoms with Gasteiger partial charge in [0.15, 0.2) is 11.5 Å². The Labute approximate surface area is 89.6 Å². The molecule has 2 aromatic rings. The number of hydrogen-bond donors (Lipinski definition) is 3. The zero-order valence-corrected chi connectivity index (χ0v) is 8.02. The third-order valence-electron chi connectivity index (χ3n) is 1.79. The van der Waals surface area contributed by atoms with E-state index in [-0.39, 0.29) is 17.4 Å². The predicted octanol–water partition coefficient (Wildman–Crippen LogP) is -0.451. The maximum atomic E-state index is 9.23. The number of phenolic OH excluding ortho intramolecular Hbond substituents is 2. The van der Waals surface area contributed by atoms with Gasteiger partial charge in [0.05, 0.1) is 6.21 Å². The minimum atomic E-state index is -0.228. The number of nitrogens with two attached hydrogens (primary N) is 1. The number of phenols is 2. The molecule has 4 N–H and O–H groups in total. The van der Waals surface area contributed by atoms with Crippen molar-refractivity contribution in [2.45, 2.75) is 0 Å². The van der Waals surface area contributed by atoms with Gasteiger partial charge in [0.25, 0.3) is 5.95 Å². The Balaban J connectivity index is 2.24. The van der Waals surface area contributed by atoms with Crippen LogP contribution in [-0.2, 0) is 0 Å². The van der Waals surface area contributed by atoms with Crippen LogP contribution in [0.15, 0.2) is 23.3 Å². The summed E-state index contributed by atoms with van der Waals surface area (Å²) in [5.41, 5.74) is 5.96. The first kappa shape index (κ1) is 9.90. The molecule has 0 fully saturated rings. The van der Waals surface area contributed by atoms with E-state index in [4.69, 9.17) is 10.8 Å². The molecular formula is C8H8N6O2. The second kappa shape index (κ2) is 3.85. The minimum absolute atomic E-state index is 0.0549. The first-order valence-electron chi connectivity index (χ1n) is 4.27. The van der Waals surface area contributed by atoms with Crippen molar-refractivity contribution in [1.29, 1.82) is 0 Å². The first-order valence-corrected chi connectivity index (χ1v) is 4.27. The largest absolute Gasteiger partial charge is 0.504 e. The Morgan fingerprint density at radius 2 is 2.12 bits per heavy atom. The Kier molecular flexibility index (Phi) is 2.38. The lowest BCUT2D eigenvalue weighted by Crippen LogP contribution is -1.99. The molecule has 0 aliphatic carbocycles. The van der Waals surface area contributed by atoms with Gasteiger partial charge in [-0.1, -0.05) is 9.89 Å². The molecule has 0 atom stereocenters. The fourth-order valence-electron chi connectivity index (χ4n) is 1.01. The van der Waals surface area contributed by atoms with Crippen molar-refractivity contribution >= 4 is 12.2 Å². The van der Waals surface area contributed by atoms with Crippen LogP contribution in [0.4, 0.5) is 5.95 Å². The van der Waals surface area contributed by atoms with Gasteiger partial charge in [0.1, 0.15) is 0 Å². The zero-order valence-electron chi connectivity index (χ0n) is 8.02. The highest BCUT2D eigenvalue weighted by molar-refractivity contribution is 5.80. The molecule has 1 aromatic carbocycles. The van der Waals surface area contributed by atoms with Gasteiger partial charge in [-0.3, -0.25) is 0 Å². The lowest BCUT2D eigenvalue weighted by molar-refractivity contribution is 0.403. The SMILES string of the molecule is Nc1nnnn1/N=C/c1ccc(O)c(O)c1. The third kappa shape index (κ3) is 1.90. The summed E-state index contributed by atoms with van der Waals surface area (Å²) in [5.74, 6) is -0.369. The van der Waals surface area contributed by atoms with Crippen LogP contribution in [0.5, 0.6) is 11.5 Å². The molecule has 8 nitrogen and oxygen atoms in total. The van der Waals surface area contributed by atoms with Gasteiger partial charge in [-0.05, 0) is 34.2 Å². The van der Waals surface area contributed by atoms with Crippen molar-refractivity contribution in [3.8, 4) is 11.5 Å². The van der Waals surface area contributed by atoms with E-state index < -0.39 is 0 Å². The fraction of sp³-hybridized carbons (Fsp3) is 0. The lowest BCUT2D eigenvalue weighted by atomic mass is 10.2. The molecule has 1 aromatic heterocycles. The molecule has 0 saturated heterocycles. The first-order chi connectivity index (χ1) is 7.66. The van der Waals surface area contributed by atoms with Gasteiger partial charge in [-0.2, -0.15) is 5.10 Å². The molecule has 16 heavy (non-hydrogen) atoms. The monoisotopic (exact) mass is 220 g/mol. The Hall–Kier alpha value is -2.64. The number of tetrazole rings is 1. The summed E-state index contributed by atoms with van der Waals surface area (Å²) in [4.78, 5) is 1.03. The molecule has 0 spiro atoms. The summed E-state index contributed by atoms with van der Waals surface area (Å²) in [7, 11) is 0. The molecule has 0 amide bonds. The van der Waals surface area contributed by atoms with Crippen LogP contribution in [0, 0.1) is 0 Å². The number of rotatable bonds is 2. The van der Waals surface area contributed by atoms with Crippen molar-refractivity contribution in [2.75, 3.05) is 5.73 Å². The highest BCUT2D eigenvalue weighted by Crippen LogP contribution is 2.23. The summed E-state index contributed by atoms with van der Waals surface area (Å²) >= 11 is 0. The van der Waals surface area contributed by atoms with Crippen LogP contribution in [0.1, 0.15) is 5.56 Å². The molecule has 8 heteroatoms. The Bertz CT molecular complexity index is 535. The van der Waals surface area contributed by atoms with Crippen molar-refractivity contribution in [1.82, 2.24) is 20.3 Å². The lowest BCUT2D eigenvalue weighted by Gasteiger charge is -1.97. The molecule has 0 aliphatic rings. The van der Waals surface area contributed by atoms with Crippen LogP contribution in [0.25, 0.3) is 0 Å². The standard InChI is InChI=1S/C8H8N6O2/c9-8-11-12-13-14(8)10-4-5-1-2-6(15)7(16)3-5/h1-4,15-16H,(H2,9,11,13)/b10-4+. The van der Waals surface area contributed by atoms with E-state index in [0.29, 0.717) is 5.56 Å². The number of nitrogens with zero attached hydrogens (tertiary/aromatic N) is 5. The number of nitrogen functional groups attached to an aromatic ring is 1. The van der Waals surface area contributed by atoms with Crippen LogP contribution >= 0.6 is 0 Å². The number of aromatic nitrogens is 4. The number of hydrogen-bond acceptors (Lipinski definition) is 7. The van der Waals surface area contributed by atoms with E-state index in [0.717, 1.165) is 4.79 Å². The van der Waals surface area contributed by atoms with Crippen molar-refractivity contribution < 1.29 is 10.2 Å².